The zero-order valence-corrected chi connectivity index (χ0v) is 17.6. The predicted molar refractivity (Wildman–Crippen MR) is 113 cm³/mol. The van der Waals surface area contributed by atoms with Crippen LogP contribution < -0.4 is 15.5 Å². The fraction of sp³-hybridized carbons (Fsp3) is 0.524. The fourth-order valence-electron chi connectivity index (χ4n) is 4.73. The topological polar surface area (TPSA) is 91.5 Å². The molecule has 0 spiro atoms. The van der Waals surface area contributed by atoms with Crippen molar-refractivity contribution in [1.29, 1.82) is 0 Å². The Kier molecular flexibility index (Phi) is 4.86. The Hall–Kier alpha value is -3.11. The number of piperazine rings is 1. The normalized spacial score (nSPS) is 22.8. The number of carbonyl (C=O) groups excluding carboxylic acids is 1. The Morgan fingerprint density at radius 3 is 2.44 bits per heavy atom. The molecule has 11 heteroatoms. The molecule has 0 radical (unpaired) electrons. The predicted octanol–water partition coefficient (Wildman–Crippen LogP) is 2.41. The first-order chi connectivity index (χ1) is 15.2. The number of amides is 1. The summed E-state index contributed by atoms with van der Waals surface area (Å²) >= 11 is 0. The van der Waals surface area contributed by atoms with E-state index in [1.54, 1.807) is 17.9 Å². The van der Waals surface area contributed by atoms with Crippen LogP contribution in [0.5, 0.6) is 0 Å². The molecule has 2 N–H and O–H groups in total. The van der Waals surface area contributed by atoms with Crippen LogP contribution in [0.1, 0.15) is 25.3 Å². The molecule has 3 saturated heterocycles. The van der Waals surface area contributed by atoms with Gasteiger partial charge in [0.15, 0.2) is 0 Å². The third-order valence-corrected chi connectivity index (χ3v) is 6.63. The molecule has 4 fully saturated rings. The molecule has 6 rings (SSSR count). The summed E-state index contributed by atoms with van der Waals surface area (Å²) in [6.45, 7) is 4.73. The molecule has 5 heterocycles. The van der Waals surface area contributed by atoms with Crippen molar-refractivity contribution in [2.24, 2.45) is 5.92 Å². The molecular weight excluding hydrogens is 423 g/mol. The number of alkyl halides is 3. The molecule has 2 bridgehead atoms. The molecule has 0 aromatic carbocycles. The van der Waals surface area contributed by atoms with E-state index >= 15 is 0 Å². The van der Waals surface area contributed by atoms with Gasteiger partial charge >= 0.3 is 6.18 Å². The summed E-state index contributed by atoms with van der Waals surface area (Å²) in [6.07, 6.45) is -1.09. The van der Waals surface area contributed by atoms with Crippen LogP contribution in [0.25, 0.3) is 11.3 Å². The second-order valence-electron chi connectivity index (χ2n) is 8.70. The van der Waals surface area contributed by atoms with Gasteiger partial charge in [0.05, 0.1) is 11.3 Å². The molecular formula is C21H24F3N7O. The molecule has 4 aliphatic rings. The zero-order valence-electron chi connectivity index (χ0n) is 17.6. The van der Waals surface area contributed by atoms with Crippen LogP contribution >= 0.6 is 0 Å². The van der Waals surface area contributed by atoms with E-state index < -0.39 is 17.6 Å². The van der Waals surface area contributed by atoms with Gasteiger partial charge in [0.2, 0.25) is 11.9 Å². The van der Waals surface area contributed by atoms with Crippen LogP contribution in [0.15, 0.2) is 18.3 Å². The Morgan fingerprint density at radius 1 is 1.12 bits per heavy atom. The molecule has 3 aliphatic heterocycles. The van der Waals surface area contributed by atoms with Gasteiger partial charge in [-0.2, -0.15) is 18.2 Å². The number of hydrogen-bond donors (Lipinski definition) is 1. The van der Waals surface area contributed by atoms with Crippen molar-refractivity contribution >= 4 is 23.5 Å². The van der Waals surface area contributed by atoms with Gasteiger partial charge in [-0.3, -0.25) is 4.79 Å². The lowest BCUT2D eigenvalue weighted by atomic mass is 9.86. The summed E-state index contributed by atoms with van der Waals surface area (Å²) in [6, 6.07) is 3.07. The maximum atomic E-state index is 13.4. The summed E-state index contributed by atoms with van der Waals surface area (Å²) in [5.41, 5.74) is 5.12. The van der Waals surface area contributed by atoms with Crippen LogP contribution in [0.2, 0.25) is 0 Å². The lowest BCUT2D eigenvalue weighted by Crippen LogP contribution is -2.48. The van der Waals surface area contributed by atoms with Crippen LogP contribution in [0.4, 0.5) is 30.8 Å². The van der Waals surface area contributed by atoms with E-state index in [1.165, 1.54) is 6.20 Å². The van der Waals surface area contributed by atoms with Crippen LogP contribution in [-0.2, 0) is 11.0 Å². The van der Waals surface area contributed by atoms with E-state index in [1.807, 2.05) is 4.90 Å². The Balaban J connectivity index is 1.53. The number of nitrogen functional groups attached to an aromatic ring is 1. The van der Waals surface area contributed by atoms with Gasteiger partial charge in [-0.15, -0.1) is 0 Å². The van der Waals surface area contributed by atoms with Gasteiger partial charge in [-0.05, 0) is 24.8 Å². The summed E-state index contributed by atoms with van der Waals surface area (Å²) in [5, 5.41) is 0. The average molecular weight is 447 g/mol. The number of rotatable bonds is 3. The van der Waals surface area contributed by atoms with Gasteiger partial charge in [-0.1, -0.05) is 0 Å². The van der Waals surface area contributed by atoms with Gasteiger partial charge in [-0.25, -0.2) is 9.97 Å². The van der Waals surface area contributed by atoms with Gasteiger partial charge < -0.3 is 20.4 Å². The second kappa shape index (κ2) is 7.49. The third-order valence-electron chi connectivity index (χ3n) is 6.63. The maximum absolute atomic E-state index is 13.4. The molecule has 0 unspecified atom stereocenters. The van der Waals surface area contributed by atoms with E-state index in [0.717, 1.165) is 25.5 Å². The molecule has 0 atom stereocenters. The lowest BCUT2D eigenvalue weighted by molar-refractivity contribution is -0.137. The molecule has 1 saturated carbocycles. The number of fused-ring (bicyclic) bond motifs is 1. The van der Waals surface area contributed by atoms with Crippen molar-refractivity contribution in [2.45, 2.75) is 32.0 Å². The van der Waals surface area contributed by atoms with Crippen molar-refractivity contribution in [1.82, 2.24) is 19.9 Å². The summed E-state index contributed by atoms with van der Waals surface area (Å²) in [5.74, 6) is 1.27. The monoisotopic (exact) mass is 447 g/mol. The molecule has 170 valence electrons. The van der Waals surface area contributed by atoms with E-state index in [4.69, 9.17) is 10.7 Å². The highest BCUT2D eigenvalue weighted by Gasteiger charge is 2.44. The average Bonchev–Trinajstić information content (AvgIpc) is 3.34. The first-order valence-electron chi connectivity index (χ1n) is 10.7. The van der Waals surface area contributed by atoms with Crippen LogP contribution in [0, 0.1) is 5.92 Å². The van der Waals surface area contributed by atoms with Crippen molar-refractivity contribution in [2.75, 3.05) is 48.3 Å². The molecule has 1 amide bonds. The van der Waals surface area contributed by atoms with Crippen LogP contribution in [0.3, 0.4) is 0 Å². The van der Waals surface area contributed by atoms with Gasteiger partial charge in [0.1, 0.15) is 11.6 Å². The first kappa shape index (κ1) is 20.8. The quantitative estimate of drug-likeness (QED) is 0.773. The van der Waals surface area contributed by atoms with E-state index in [9.17, 15) is 18.0 Å². The van der Waals surface area contributed by atoms with E-state index in [-0.39, 0.29) is 11.5 Å². The van der Waals surface area contributed by atoms with Crippen molar-refractivity contribution in [3.05, 3.63) is 23.9 Å². The summed E-state index contributed by atoms with van der Waals surface area (Å²) < 4.78 is 40.2. The minimum atomic E-state index is -4.61. The van der Waals surface area contributed by atoms with E-state index in [2.05, 4.69) is 14.9 Å². The van der Waals surface area contributed by atoms with Crippen molar-refractivity contribution in [3.8, 4) is 11.3 Å². The second-order valence-corrected chi connectivity index (χ2v) is 8.70. The van der Waals surface area contributed by atoms with E-state index in [0.29, 0.717) is 55.6 Å². The Labute approximate surface area is 183 Å². The van der Waals surface area contributed by atoms with Crippen LogP contribution in [-0.4, -0.2) is 64.5 Å². The SMILES string of the molecule is CC(=O)N1CCN(c2cc(-c3cnc(N)c(C(F)(F)F)c3)nc(N3CC4CC3C4)n2)CC1. The minimum absolute atomic E-state index is 0.0261. The molecule has 2 aromatic rings. The standard InChI is InChI=1S/C21H24F3N7O/c1-12(32)29-2-4-30(5-3-29)18-9-17(14-8-16(21(22,23)24)19(25)26-10-14)27-20(28-18)31-11-13-6-15(31)7-13/h8-10,13,15H,2-7,11H2,1H3,(H2,25,26). The smallest absolute Gasteiger partial charge is 0.383 e. The third kappa shape index (κ3) is 3.69. The van der Waals surface area contributed by atoms with Gasteiger partial charge in [0, 0.05) is 63.5 Å². The number of nitrogens with zero attached hydrogens (tertiary/aromatic N) is 6. The van der Waals surface area contributed by atoms with Gasteiger partial charge in [0.25, 0.3) is 0 Å². The zero-order chi connectivity index (χ0) is 22.6. The number of anilines is 3. The maximum Gasteiger partial charge on any atom is 0.419 e. The number of nitrogens with two attached hydrogens (primary N) is 1. The highest BCUT2D eigenvalue weighted by Crippen LogP contribution is 2.43. The minimum Gasteiger partial charge on any atom is -0.383 e. The Bertz CT molecular complexity index is 1050. The molecule has 1 aliphatic carbocycles. The molecule has 2 aromatic heterocycles. The number of pyridine rings is 1. The largest absolute Gasteiger partial charge is 0.419 e. The summed E-state index contributed by atoms with van der Waals surface area (Å²) in [7, 11) is 0. The number of hydrogen-bond acceptors (Lipinski definition) is 7. The number of carbonyl (C=O) groups is 1. The lowest BCUT2D eigenvalue weighted by Gasteiger charge is -2.35. The number of aromatic nitrogens is 3. The van der Waals surface area contributed by atoms with Crippen molar-refractivity contribution < 1.29 is 18.0 Å². The summed E-state index contributed by atoms with van der Waals surface area (Å²) in [4.78, 5) is 30.8. The first-order valence-corrected chi connectivity index (χ1v) is 10.7. The molecule has 32 heavy (non-hydrogen) atoms. The molecule has 8 nitrogen and oxygen atoms in total. The van der Waals surface area contributed by atoms with Crippen molar-refractivity contribution in [3.63, 3.8) is 0 Å². The fourth-order valence-corrected chi connectivity index (χ4v) is 4.73. The number of halogens is 3. The Morgan fingerprint density at radius 2 is 1.84 bits per heavy atom. The highest BCUT2D eigenvalue weighted by atomic mass is 19.4. The highest BCUT2D eigenvalue weighted by molar-refractivity contribution is 5.73.